The lowest BCUT2D eigenvalue weighted by Crippen LogP contribution is -2.72. The Bertz CT molecular complexity index is 490. The van der Waals surface area contributed by atoms with Crippen molar-refractivity contribution >= 4 is 5.82 Å². The van der Waals surface area contributed by atoms with Gasteiger partial charge in [0.05, 0.1) is 12.6 Å². The monoisotopic (exact) mass is 292 g/mol. The van der Waals surface area contributed by atoms with Gasteiger partial charge in [0.1, 0.15) is 12.1 Å². The average molecular weight is 292 g/mol. The second-order valence-corrected chi connectivity index (χ2v) is 6.23. The van der Waals surface area contributed by atoms with E-state index < -0.39 is 0 Å². The molecule has 2 saturated heterocycles. The van der Waals surface area contributed by atoms with Crippen molar-refractivity contribution in [1.82, 2.24) is 14.9 Å². The van der Waals surface area contributed by atoms with Crippen LogP contribution in [-0.4, -0.2) is 67.9 Å². The molecule has 0 saturated carbocycles. The van der Waals surface area contributed by atoms with Gasteiger partial charge in [-0.1, -0.05) is 0 Å². The number of likely N-dealkylation sites (N-methyl/N-ethyl adjacent to an activating group) is 1. The number of piperidine rings is 1. The molecule has 0 amide bonds. The summed E-state index contributed by atoms with van der Waals surface area (Å²) in [5.41, 5.74) is 0.277. The van der Waals surface area contributed by atoms with Crippen LogP contribution in [0.2, 0.25) is 0 Å². The molecule has 2 aliphatic rings. The minimum atomic E-state index is 0.277. The molecular formula is C15H24N4O2. The summed E-state index contributed by atoms with van der Waals surface area (Å²) in [6, 6.07) is 1.91. The van der Waals surface area contributed by atoms with Gasteiger partial charge in [0.2, 0.25) is 5.88 Å². The Morgan fingerprint density at radius 3 is 2.86 bits per heavy atom. The van der Waals surface area contributed by atoms with Gasteiger partial charge in [-0.3, -0.25) is 4.90 Å². The van der Waals surface area contributed by atoms with Crippen LogP contribution in [-0.2, 0) is 4.74 Å². The molecule has 0 bridgehead atoms. The zero-order valence-corrected chi connectivity index (χ0v) is 13.1. The number of ether oxygens (including phenoxy) is 2. The van der Waals surface area contributed by atoms with Crippen LogP contribution in [0.4, 0.5) is 5.82 Å². The van der Waals surface area contributed by atoms with Gasteiger partial charge in [0.25, 0.3) is 0 Å². The quantitative estimate of drug-likeness (QED) is 0.826. The zero-order chi connectivity index (χ0) is 14.9. The number of hydrogen-bond donors (Lipinski definition) is 0. The van der Waals surface area contributed by atoms with E-state index >= 15 is 0 Å². The summed E-state index contributed by atoms with van der Waals surface area (Å²) >= 11 is 0. The average Bonchev–Trinajstić information content (AvgIpc) is 2.47. The van der Waals surface area contributed by atoms with Gasteiger partial charge in [-0.15, -0.1) is 0 Å². The molecule has 0 N–H and O–H groups in total. The fourth-order valence-electron chi connectivity index (χ4n) is 3.60. The number of aromatic nitrogens is 2. The second kappa shape index (κ2) is 5.77. The maximum atomic E-state index is 5.35. The Morgan fingerprint density at radius 1 is 1.33 bits per heavy atom. The minimum Gasteiger partial charge on any atom is -0.481 e. The molecule has 1 aromatic rings. The number of methoxy groups -OCH3 is 2. The highest BCUT2D eigenvalue weighted by Gasteiger charge is 2.49. The SMILES string of the molecule is COCC1CCN(C)C2(C1)CN(c1cc(OC)ncn1)C2. The lowest BCUT2D eigenvalue weighted by molar-refractivity contribution is -0.00406. The number of hydrogen-bond acceptors (Lipinski definition) is 6. The lowest BCUT2D eigenvalue weighted by atomic mass is 9.75. The van der Waals surface area contributed by atoms with E-state index in [1.807, 2.05) is 6.07 Å². The largest absolute Gasteiger partial charge is 0.481 e. The van der Waals surface area contributed by atoms with Crippen molar-refractivity contribution in [2.75, 3.05) is 52.4 Å². The topological polar surface area (TPSA) is 50.7 Å². The molecule has 2 aliphatic heterocycles. The van der Waals surface area contributed by atoms with Gasteiger partial charge in [-0.25, -0.2) is 9.97 Å². The van der Waals surface area contributed by atoms with E-state index in [4.69, 9.17) is 9.47 Å². The van der Waals surface area contributed by atoms with Gasteiger partial charge < -0.3 is 14.4 Å². The first-order valence-electron chi connectivity index (χ1n) is 7.48. The van der Waals surface area contributed by atoms with Gasteiger partial charge in [0.15, 0.2) is 0 Å². The molecule has 3 heterocycles. The molecule has 3 rings (SSSR count). The van der Waals surface area contributed by atoms with Crippen LogP contribution in [0.25, 0.3) is 0 Å². The summed E-state index contributed by atoms with van der Waals surface area (Å²) in [5.74, 6) is 2.25. The maximum absolute atomic E-state index is 5.35. The van der Waals surface area contributed by atoms with E-state index in [0.29, 0.717) is 11.8 Å². The number of anilines is 1. The summed E-state index contributed by atoms with van der Waals surface area (Å²) < 4.78 is 10.5. The van der Waals surface area contributed by atoms with Gasteiger partial charge in [-0.2, -0.15) is 0 Å². The van der Waals surface area contributed by atoms with Crippen LogP contribution in [0.15, 0.2) is 12.4 Å². The summed E-state index contributed by atoms with van der Waals surface area (Å²) in [6.07, 6.45) is 4.00. The van der Waals surface area contributed by atoms with Gasteiger partial charge >= 0.3 is 0 Å². The van der Waals surface area contributed by atoms with E-state index in [1.165, 1.54) is 12.8 Å². The Balaban J connectivity index is 1.67. The first kappa shape index (κ1) is 14.5. The van der Waals surface area contributed by atoms with Crippen LogP contribution in [0, 0.1) is 5.92 Å². The third kappa shape index (κ3) is 2.70. The van der Waals surface area contributed by atoms with Crippen molar-refractivity contribution < 1.29 is 9.47 Å². The van der Waals surface area contributed by atoms with Crippen molar-refractivity contribution in [3.8, 4) is 5.88 Å². The van der Waals surface area contributed by atoms with Crippen molar-refractivity contribution in [2.45, 2.75) is 18.4 Å². The smallest absolute Gasteiger partial charge is 0.218 e. The van der Waals surface area contributed by atoms with Crippen LogP contribution < -0.4 is 9.64 Å². The predicted octanol–water partition coefficient (Wildman–Crippen LogP) is 1.03. The molecule has 2 fully saturated rings. The third-order valence-corrected chi connectivity index (χ3v) is 4.88. The highest BCUT2D eigenvalue weighted by atomic mass is 16.5. The molecule has 6 nitrogen and oxygen atoms in total. The van der Waals surface area contributed by atoms with Crippen molar-refractivity contribution in [2.24, 2.45) is 5.92 Å². The van der Waals surface area contributed by atoms with E-state index in [1.54, 1.807) is 20.5 Å². The molecule has 0 aromatic carbocycles. The molecule has 6 heteroatoms. The fraction of sp³-hybridized carbons (Fsp3) is 0.733. The van der Waals surface area contributed by atoms with E-state index in [9.17, 15) is 0 Å². The molecule has 1 atom stereocenters. The number of likely N-dealkylation sites (tertiary alicyclic amines) is 1. The lowest BCUT2D eigenvalue weighted by Gasteiger charge is -2.59. The standard InChI is InChI=1S/C15H24N4O2/c1-18-5-4-12(8-20-2)7-15(18)9-19(10-15)13-6-14(21-3)17-11-16-13/h6,11-12H,4-5,7-10H2,1-3H3. The highest BCUT2D eigenvalue weighted by Crippen LogP contribution is 2.40. The normalized spacial score (nSPS) is 24.9. The van der Waals surface area contributed by atoms with Crippen LogP contribution in [0.3, 0.4) is 0 Å². The fourth-order valence-corrected chi connectivity index (χ4v) is 3.60. The summed E-state index contributed by atoms with van der Waals surface area (Å²) in [4.78, 5) is 13.2. The van der Waals surface area contributed by atoms with Crippen LogP contribution >= 0.6 is 0 Å². The Labute approximate surface area is 126 Å². The maximum Gasteiger partial charge on any atom is 0.218 e. The van der Waals surface area contributed by atoms with Crippen molar-refractivity contribution in [3.05, 3.63) is 12.4 Å². The zero-order valence-electron chi connectivity index (χ0n) is 13.1. The van der Waals surface area contributed by atoms with Crippen molar-refractivity contribution in [3.63, 3.8) is 0 Å². The van der Waals surface area contributed by atoms with E-state index in [2.05, 4.69) is 26.8 Å². The first-order valence-corrected chi connectivity index (χ1v) is 7.48. The predicted molar refractivity (Wildman–Crippen MR) is 80.8 cm³/mol. The number of nitrogens with zero attached hydrogens (tertiary/aromatic N) is 4. The highest BCUT2D eigenvalue weighted by molar-refractivity contribution is 5.46. The Hall–Kier alpha value is -1.40. The molecule has 0 aliphatic carbocycles. The van der Waals surface area contributed by atoms with Crippen LogP contribution in [0.5, 0.6) is 5.88 Å². The van der Waals surface area contributed by atoms with Gasteiger partial charge in [-0.05, 0) is 32.4 Å². The molecular weight excluding hydrogens is 268 g/mol. The third-order valence-electron chi connectivity index (χ3n) is 4.88. The second-order valence-electron chi connectivity index (χ2n) is 6.23. The van der Waals surface area contributed by atoms with Crippen LogP contribution in [0.1, 0.15) is 12.8 Å². The van der Waals surface area contributed by atoms with Crippen molar-refractivity contribution in [1.29, 1.82) is 0 Å². The Morgan fingerprint density at radius 2 is 2.14 bits per heavy atom. The summed E-state index contributed by atoms with van der Waals surface area (Å²) in [7, 11) is 5.67. The van der Waals surface area contributed by atoms with E-state index in [0.717, 1.165) is 32.1 Å². The number of rotatable bonds is 4. The van der Waals surface area contributed by atoms with E-state index in [-0.39, 0.29) is 5.54 Å². The molecule has 1 spiro atoms. The first-order chi connectivity index (χ1) is 10.2. The van der Waals surface area contributed by atoms with Gasteiger partial charge in [0, 0.05) is 32.9 Å². The Kier molecular flexibility index (Phi) is 3.99. The molecule has 0 radical (unpaired) electrons. The molecule has 21 heavy (non-hydrogen) atoms. The summed E-state index contributed by atoms with van der Waals surface area (Å²) in [6.45, 7) is 4.06. The molecule has 1 unspecified atom stereocenters. The minimum absolute atomic E-state index is 0.277. The summed E-state index contributed by atoms with van der Waals surface area (Å²) in [5, 5.41) is 0. The molecule has 1 aromatic heterocycles. The molecule has 116 valence electrons.